The Labute approximate surface area is 190 Å². The monoisotopic (exact) mass is 439 g/mol. The second-order valence-electron chi connectivity index (χ2n) is 7.84. The Morgan fingerprint density at radius 2 is 1.58 bits per heavy atom. The van der Waals surface area contributed by atoms with Crippen LogP contribution < -0.4 is 4.90 Å². The summed E-state index contributed by atoms with van der Waals surface area (Å²) in [5.74, 6) is 1.32. The zero-order chi connectivity index (χ0) is 22.8. The van der Waals surface area contributed by atoms with Gasteiger partial charge in [0.05, 0.1) is 10.4 Å². The number of non-ortho nitro benzene ring substituents is 1. The predicted molar refractivity (Wildman–Crippen MR) is 126 cm³/mol. The highest BCUT2D eigenvalue weighted by atomic mass is 16.6. The summed E-state index contributed by atoms with van der Waals surface area (Å²) in [5, 5.41) is 12.0. The third-order valence-corrected chi connectivity index (χ3v) is 5.79. The molecule has 0 saturated carbocycles. The summed E-state index contributed by atoms with van der Waals surface area (Å²) in [5.41, 5.74) is 2.07. The summed E-state index contributed by atoms with van der Waals surface area (Å²) in [7, 11) is 0. The number of aromatic nitrogens is 2. The van der Waals surface area contributed by atoms with Gasteiger partial charge in [0, 0.05) is 54.8 Å². The zero-order valence-corrected chi connectivity index (χ0v) is 17.8. The fourth-order valence-electron chi connectivity index (χ4n) is 4.07. The van der Waals surface area contributed by atoms with E-state index in [2.05, 4.69) is 4.90 Å². The average molecular weight is 439 g/mol. The van der Waals surface area contributed by atoms with Crippen molar-refractivity contribution in [1.29, 1.82) is 0 Å². The minimum absolute atomic E-state index is 0.0830. The number of rotatable bonds is 4. The second kappa shape index (κ2) is 8.66. The molecule has 1 amide bonds. The summed E-state index contributed by atoms with van der Waals surface area (Å²) < 4.78 is 0. The van der Waals surface area contributed by atoms with E-state index in [1.807, 2.05) is 54.6 Å². The average Bonchev–Trinajstić information content (AvgIpc) is 2.88. The van der Waals surface area contributed by atoms with E-state index in [0.717, 1.165) is 22.3 Å². The lowest BCUT2D eigenvalue weighted by Gasteiger charge is -2.36. The highest BCUT2D eigenvalue weighted by Crippen LogP contribution is 2.28. The minimum Gasteiger partial charge on any atom is -0.352 e. The van der Waals surface area contributed by atoms with Crippen molar-refractivity contribution in [1.82, 2.24) is 14.9 Å². The van der Waals surface area contributed by atoms with Crippen LogP contribution in [-0.2, 0) is 0 Å². The number of benzene rings is 3. The zero-order valence-electron chi connectivity index (χ0n) is 17.8. The fourth-order valence-corrected chi connectivity index (χ4v) is 4.07. The van der Waals surface area contributed by atoms with E-state index in [9.17, 15) is 14.9 Å². The van der Waals surface area contributed by atoms with E-state index in [-0.39, 0.29) is 11.6 Å². The van der Waals surface area contributed by atoms with Crippen LogP contribution in [-0.4, -0.2) is 51.9 Å². The Morgan fingerprint density at radius 1 is 0.848 bits per heavy atom. The molecule has 2 heterocycles. The van der Waals surface area contributed by atoms with Crippen LogP contribution in [0.15, 0.2) is 78.9 Å². The molecule has 5 rings (SSSR count). The SMILES string of the molecule is O=C(c1cccc([N+](=O)[O-])c1)N1CCN(c2nc(-c3ccccc3)nc3ccccc23)CC1. The van der Waals surface area contributed by atoms with Crippen LogP contribution in [0.3, 0.4) is 0 Å². The van der Waals surface area contributed by atoms with Gasteiger partial charge in [-0.25, -0.2) is 9.97 Å². The first-order valence-electron chi connectivity index (χ1n) is 10.7. The van der Waals surface area contributed by atoms with Crippen molar-refractivity contribution >= 4 is 28.3 Å². The van der Waals surface area contributed by atoms with Gasteiger partial charge in [-0.15, -0.1) is 0 Å². The molecule has 0 N–H and O–H groups in total. The van der Waals surface area contributed by atoms with Crippen LogP contribution >= 0.6 is 0 Å². The molecule has 8 heteroatoms. The molecule has 1 fully saturated rings. The van der Waals surface area contributed by atoms with Crippen molar-refractivity contribution in [2.75, 3.05) is 31.1 Å². The van der Waals surface area contributed by atoms with Gasteiger partial charge in [-0.1, -0.05) is 48.5 Å². The topological polar surface area (TPSA) is 92.5 Å². The van der Waals surface area contributed by atoms with Gasteiger partial charge in [0.2, 0.25) is 0 Å². The minimum atomic E-state index is -0.487. The van der Waals surface area contributed by atoms with Crippen LogP contribution in [0, 0.1) is 10.1 Å². The van der Waals surface area contributed by atoms with Gasteiger partial charge in [0.1, 0.15) is 5.82 Å². The summed E-state index contributed by atoms with van der Waals surface area (Å²) in [6.07, 6.45) is 0. The normalized spacial score (nSPS) is 13.8. The van der Waals surface area contributed by atoms with Gasteiger partial charge in [-0.3, -0.25) is 14.9 Å². The van der Waals surface area contributed by atoms with Crippen molar-refractivity contribution in [2.45, 2.75) is 0 Å². The summed E-state index contributed by atoms with van der Waals surface area (Å²) in [6, 6.07) is 23.7. The van der Waals surface area contributed by atoms with Crippen molar-refractivity contribution in [3.05, 3.63) is 94.5 Å². The number of nitro benzene ring substituents is 1. The van der Waals surface area contributed by atoms with Crippen LogP contribution in [0.1, 0.15) is 10.4 Å². The lowest BCUT2D eigenvalue weighted by atomic mass is 10.1. The number of carbonyl (C=O) groups is 1. The Balaban J connectivity index is 1.40. The van der Waals surface area contributed by atoms with E-state index in [1.54, 1.807) is 17.0 Å². The molecule has 4 aromatic rings. The standard InChI is InChI=1S/C25H21N5O3/c31-25(19-9-6-10-20(17-19)30(32)33)29-15-13-28(14-16-29)24-21-11-4-5-12-22(21)26-23(27-24)18-7-2-1-3-8-18/h1-12,17H,13-16H2. The first-order valence-corrected chi connectivity index (χ1v) is 10.7. The van der Waals surface area contributed by atoms with E-state index in [4.69, 9.17) is 9.97 Å². The summed E-state index contributed by atoms with van der Waals surface area (Å²) >= 11 is 0. The van der Waals surface area contributed by atoms with Gasteiger partial charge in [-0.05, 0) is 18.2 Å². The van der Waals surface area contributed by atoms with Crippen molar-refractivity contribution in [2.24, 2.45) is 0 Å². The van der Waals surface area contributed by atoms with E-state index < -0.39 is 4.92 Å². The fraction of sp³-hybridized carbons (Fsp3) is 0.160. The highest BCUT2D eigenvalue weighted by molar-refractivity contribution is 5.95. The van der Waals surface area contributed by atoms with Gasteiger partial charge >= 0.3 is 0 Å². The van der Waals surface area contributed by atoms with E-state index in [0.29, 0.717) is 37.6 Å². The van der Waals surface area contributed by atoms with Crippen LogP contribution in [0.4, 0.5) is 11.5 Å². The molecule has 33 heavy (non-hydrogen) atoms. The van der Waals surface area contributed by atoms with Crippen molar-refractivity contribution < 1.29 is 9.72 Å². The number of nitrogens with zero attached hydrogens (tertiary/aromatic N) is 5. The number of anilines is 1. The maximum atomic E-state index is 12.9. The second-order valence-corrected chi connectivity index (χ2v) is 7.84. The number of fused-ring (bicyclic) bond motifs is 1. The lowest BCUT2D eigenvalue weighted by molar-refractivity contribution is -0.384. The molecule has 0 spiro atoms. The molecule has 8 nitrogen and oxygen atoms in total. The van der Waals surface area contributed by atoms with Gasteiger partial charge in [0.25, 0.3) is 11.6 Å². The van der Waals surface area contributed by atoms with Gasteiger partial charge in [0.15, 0.2) is 5.82 Å². The molecule has 1 saturated heterocycles. The van der Waals surface area contributed by atoms with Crippen LogP contribution in [0.2, 0.25) is 0 Å². The molecular weight excluding hydrogens is 418 g/mol. The number of hydrogen-bond donors (Lipinski definition) is 0. The number of nitro groups is 1. The molecule has 1 aliphatic heterocycles. The number of para-hydroxylation sites is 1. The maximum absolute atomic E-state index is 12.9. The van der Waals surface area contributed by atoms with Gasteiger partial charge < -0.3 is 9.80 Å². The molecule has 1 aliphatic rings. The highest BCUT2D eigenvalue weighted by Gasteiger charge is 2.25. The van der Waals surface area contributed by atoms with Crippen LogP contribution in [0.25, 0.3) is 22.3 Å². The third-order valence-electron chi connectivity index (χ3n) is 5.79. The summed E-state index contributed by atoms with van der Waals surface area (Å²) in [4.78, 5) is 37.0. The maximum Gasteiger partial charge on any atom is 0.270 e. The van der Waals surface area contributed by atoms with Crippen molar-refractivity contribution in [3.63, 3.8) is 0 Å². The number of piperazine rings is 1. The predicted octanol–water partition coefficient (Wildman–Crippen LogP) is 4.17. The Hall–Kier alpha value is -4.33. The molecule has 0 radical (unpaired) electrons. The van der Waals surface area contributed by atoms with Crippen molar-refractivity contribution in [3.8, 4) is 11.4 Å². The third kappa shape index (κ3) is 4.10. The Morgan fingerprint density at radius 3 is 2.33 bits per heavy atom. The molecular formula is C25H21N5O3. The smallest absolute Gasteiger partial charge is 0.270 e. The molecule has 0 unspecified atom stereocenters. The molecule has 164 valence electrons. The number of hydrogen-bond acceptors (Lipinski definition) is 6. The number of carbonyl (C=O) groups excluding carboxylic acids is 1. The summed E-state index contributed by atoms with van der Waals surface area (Å²) in [6.45, 7) is 2.22. The van der Waals surface area contributed by atoms with Gasteiger partial charge in [-0.2, -0.15) is 0 Å². The largest absolute Gasteiger partial charge is 0.352 e. The molecule has 0 aliphatic carbocycles. The van der Waals surface area contributed by atoms with E-state index in [1.165, 1.54) is 12.1 Å². The Kier molecular flexibility index (Phi) is 5.40. The Bertz CT molecular complexity index is 1330. The quantitative estimate of drug-likeness (QED) is 0.350. The first-order chi connectivity index (χ1) is 16.1. The lowest BCUT2D eigenvalue weighted by Crippen LogP contribution is -2.49. The molecule has 0 bridgehead atoms. The van der Waals surface area contributed by atoms with E-state index >= 15 is 0 Å². The first kappa shape index (κ1) is 20.6. The molecule has 3 aromatic carbocycles. The van der Waals surface area contributed by atoms with Crippen LogP contribution in [0.5, 0.6) is 0 Å². The molecule has 1 aromatic heterocycles. The molecule has 0 atom stereocenters. The number of amides is 1.